The highest BCUT2D eigenvalue weighted by atomic mass is 19.1. The van der Waals surface area contributed by atoms with Crippen LogP contribution in [0, 0.1) is 5.82 Å². The minimum atomic E-state index is -0.471. The lowest BCUT2D eigenvalue weighted by atomic mass is 10.1. The summed E-state index contributed by atoms with van der Waals surface area (Å²) in [5, 5.41) is 0. The smallest absolute Gasteiger partial charge is 0.269 e. The van der Waals surface area contributed by atoms with Crippen molar-refractivity contribution in [3.63, 3.8) is 0 Å². The first-order valence-electron chi connectivity index (χ1n) is 8.18. The van der Waals surface area contributed by atoms with Gasteiger partial charge in [-0.05, 0) is 49.2 Å². The number of hydrazine groups is 1. The van der Waals surface area contributed by atoms with Gasteiger partial charge in [-0.2, -0.15) is 0 Å². The highest BCUT2D eigenvalue weighted by Gasteiger charge is 2.12. The molecule has 0 atom stereocenters. The van der Waals surface area contributed by atoms with Crippen molar-refractivity contribution in [2.75, 3.05) is 13.7 Å². The Morgan fingerprint density at radius 2 is 1.77 bits per heavy atom. The standard InChI is InChI=1S/C19H21FN2O4/c1-3-26-16-10-7-14(12-17(16)25-2)19(24)22-21-18(23)11-6-13-4-8-15(20)9-5-13/h4-5,7-10,12H,3,6,11H2,1-2H3,(H,21,23)(H,22,24). The van der Waals surface area contributed by atoms with E-state index in [1.165, 1.54) is 25.3 Å². The van der Waals surface area contributed by atoms with Gasteiger partial charge in [0.1, 0.15) is 5.82 Å². The lowest BCUT2D eigenvalue weighted by molar-refractivity contribution is -0.121. The highest BCUT2D eigenvalue weighted by molar-refractivity contribution is 5.96. The van der Waals surface area contributed by atoms with Gasteiger partial charge in [-0.15, -0.1) is 0 Å². The van der Waals surface area contributed by atoms with Crippen molar-refractivity contribution in [2.45, 2.75) is 19.8 Å². The summed E-state index contributed by atoms with van der Waals surface area (Å²) >= 11 is 0. The summed E-state index contributed by atoms with van der Waals surface area (Å²) in [6.45, 7) is 2.33. The third-order valence-electron chi connectivity index (χ3n) is 3.60. The molecule has 0 saturated heterocycles. The van der Waals surface area contributed by atoms with Crippen molar-refractivity contribution in [1.82, 2.24) is 10.9 Å². The van der Waals surface area contributed by atoms with Gasteiger partial charge in [0, 0.05) is 12.0 Å². The molecule has 0 heterocycles. The predicted molar refractivity (Wildman–Crippen MR) is 94.5 cm³/mol. The van der Waals surface area contributed by atoms with E-state index in [0.717, 1.165) is 5.56 Å². The second-order valence-electron chi connectivity index (χ2n) is 5.43. The van der Waals surface area contributed by atoms with Gasteiger partial charge in [0.15, 0.2) is 11.5 Å². The minimum Gasteiger partial charge on any atom is -0.493 e. The van der Waals surface area contributed by atoms with Crippen molar-refractivity contribution in [2.24, 2.45) is 0 Å². The molecule has 0 fully saturated rings. The zero-order valence-electron chi connectivity index (χ0n) is 14.7. The Bertz CT molecular complexity index is 763. The fourth-order valence-corrected chi connectivity index (χ4v) is 2.25. The van der Waals surface area contributed by atoms with Crippen LogP contribution in [0.4, 0.5) is 4.39 Å². The zero-order valence-corrected chi connectivity index (χ0v) is 14.7. The van der Waals surface area contributed by atoms with Gasteiger partial charge in [0.25, 0.3) is 5.91 Å². The lowest BCUT2D eigenvalue weighted by Gasteiger charge is -2.11. The van der Waals surface area contributed by atoms with Gasteiger partial charge in [-0.25, -0.2) is 4.39 Å². The van der Waals surface area contributed by atoms with E-state index in [9.17, 15) is 14.0 Å². The maximum absolute atomic E-state index is 12.8. The molecule has 6 nitrogen and oxygen atoms in total. The number of halogens is 1. The van der Waals surface area contributed by atoms with Gasteiger partial charge in [-0.3, -0.25) is 20.4 Å². The SMILES string of the molecule is CCOc1ccc(C(=O)NNC(=O)CCc2ccc(F)cc2)cc1OC. The van der Waals surface area contributed by atoms with Crippen molar-refractivity contribution >= 4 is 11.8 Å². The molecule has 7 heteroatoms. The highest BCUT2D eigenvalue weighted by Crippen LogP contribution is 2.27. The summed E-state index contributed by atoms with van der Waals surface area (Å²) < 4.78 is 23.4. The molecule has 0 unspecified atom stereocenters. The number of carbonyl (C=O) groups excluding carboxylic acids is 2. The molecule has 0 bridgehead atoms. The fourth-order valence-electron chi connectivity index (χ4n) is 2.25. The van der Waals surface area contributed by atoms with Crippen molar-refractivity contribution in [1.29, 1.82) is 0 Å². The number of nitrogens with one attached hydrogen (secondary N) is 2. The van der Waals surface area contributed by atoms with Crippen molar-refractivity contribution in [3.8, 4) is 11.5 Å². The Labute approximate surface area is 151 Å². The number of benzene rings is 2. The monoisotopic (exact) mass is 360 g/mol. The van der Waals surface area contributed by atoms with E-state index in [2.05, 4.69) is 10.9 Å². The topological polar surface area (TPSA) is 76.7 Å². The molecule has 138 valence electrons. The van der Waals surface area contributed by atoms with Gasteiger partial charge in [0.2, 0.25) is 5.91 Å². The van der Waals surface area contributed by atoms with Crippen LogP contribution in [0.25, 0.3) is 0 Å². The first-order valence-corrected chi connectivity index (χ1v) is 8.18. The number of hydrogen-bond acceptors (Lipinski definition) is 4. The first-order chi connectivity index (χ1) is 12.5. The summed E-state index contributed by atoms with van der Waals surface area (Å²) in [6, 6.07) is 10.7. The average Bonchev–Trinajstić information content (AvgIpc) is 2.66. The van der Waals surface area contributed by atoms with E-state index in [1.54, 1.807) is 24.3 Å². The molecule has 0 aromatic heterocycles. The van der Waals surface area contributed by atoms with E-state index in [4.69, 9.17) is 9.47 Å². The maximum atomic E-state index is 12.8. The van der Waals surface area contributed by atoms with Crippen LogP contribution in [-0.4, -0.2) is 25.5 Å². The molecule has 2 aromatic rings. The average molecular weight is 360 g/mol. The van der Waals surface area contributed by atoms with Gasteiger partial charge in [0.05, 0.1) is 13.7 Å². The van der Waals surface area contributed by atoms with Gasteiger partial charge in [-0.1, -0.05) is 12.1 Å². The maximum Gasteiger partial charge on any atom is 0.269 e. The van der Waals surface area contributed by atoms with Crippen LogP contribution >= 0.6 is 0 Å². The van der Waals surface area contributed by atoms with Crippen LogP contribution in [0.15, 0.2) is 42.5 Å². The summed E-state index contributed by atoms with van der Waals surface area (Å²) in [6.07, 6.45) is 0.609. The number of methoxy groups -OCH3 is 1. The minimum absolute atomic E-state index is 0.165. The van der Waals surface area contributed by atoms with Crippen LogP contribution in [0.2, 0.25) is 0 Å². The fraction of sp³-hybridized carbons (Fsp3) is 0.263. The molecule has 0 spiro atoms. The zero-order chi connectivity index (χ0) is 18.9. The molecule has 0 radical (unpaired) electrons. The second-order valence-corrected chi connectivity index (χ2v) is 5.43. The first kappa shape index (κ1) is 19.2. The number of ether oxygens (including phenoxy) is 2. The Kier molecular flexibility index (Phi) is 6.96. The largest absolute Gasteiger partial charge is 0.493 e. The van der Waals surface area contributed by atoms with Gasteiger partial charge < -0.3 is 9.47 Å². The third-order valence-corrected chi connectivity index (χ3v) is 3.60. The van der Waals surface area contributed by atoms with Crippen LogP contribution in [0.3, 0.4) is 0 Å². The van der Waals surface area contributed by atoms with E-state index < -0.39 is 5.91 Å². The number of aryl methyl sites for hydroxylation is 1. The Balaban J connectivity index is 1.85. The summed E-state index contributed by atoms with van der Waals surface area (Å²) in [5.74, 6) is -0.171. The Morgan fingerprint density at radius 1 is 1.04 bits per heavy atom. The van der Waals surface area contributed by atoms with Crippen LogP contribution < -0.4 is 20.3 Å². The molecule has 0 aliphatic rings. The van der Waals surface area contributed by atoms with E-state index >= 15 is 0 Å². The molecular weight excluding hydrogens is 339 g/mol. The summed E-state index contributed by atoms with van der Waals surface area (Å²) in [4.78, 5) is 24.0. The lowest BCUT2D eigenvalue weighted by Crippen LogP contribution is -2.41. The quantitative estimate of drug-likeness (QED) is 0.744. The Morgan fingerprint density at radius 3 is 2.42 bits per heavy atom. The van der Waals surface area contributed by atoms with Crippen LogP contribution in [-0.2, 0) is 11.2 Å². The molecule has 0 aliphatic carbocycles. The van der Waals surface area contributed by atoms with Crippen LogP contribution in [0.5, 0.6) is 11.5 Å². The molecule has 2 N–H and O–H groups in total. The number of hydrogen-bond donors (Lipinski definition) is 2. The van der Waals surface area contributed by atoms with E-state index in [1.807, 2.05) is 6.92 Å². The molecule has 0 aliphatic heterocycles. The number of rotatable bonds is 7. The van der Waals surface area contributed by atoms with Crippen LogP contribution in [0.1, 0.15) is 29.3 Å². The van der Waals surface area contributed by atoms with Gasteiger partial charge >= 0.3 is 0 Å². The van der Waals surface area contributed by atoms with Crippen molar-refractivity contribution in [3.05, 3.63) is 59.4 Å². The third kappa shape index (κ3) is 5.47. The van der Waals surface area contributed by atoms with E-state index in [0.29, 0.717) is 30.1 Å². The number of amides is 2. The molecule has 26 heavy (non-hydrogen) atoms. The predicted octanol–water partition coefficient (Wildman–Crippen LogP) is 2.63. The second kappa shape index (κ2) is 9.41. The molecule has 2 aromatic carbocycles. The van der Waals surface area contributed by atoms with E-state index in [-0.39, 0.29) is 18.1 Å². The molecule has 2 amide bonds. The molecular formula is C19H21FN2O4. The molecule has 0 saturated carbocycles. The summed E-state index contributed by atoms with van der Waals surface area (Å²) in [5.41, 5.74) is 5.87. The van der Waals surface area contributed by atoms with Crippen molar-refractivity contribution < 1.29 is 23.5 Å². The Hall–Kier alpha value is -3.09. The number of carbonyl (C=O) groups is 2. The molecule has 2 rings (SSSR count). The summed E-state index contributed by atoms with van der Waals surface area (Å²) in [7, 11) is 1.48. The normalized spacial score (nSPS) is 10.1.